The van der Waals surface area contributed by atoms with E-state index in [0.29, 0.717) is 30.9 Å². The largest absolute Gasteiger partial charge is 0.333 e. The fourth-order valence-electron chi connectivity index (χ4n) is 3.05. The third-order valence-electron chi connectivity index (χ3n) is 4.55. The highest BCUT2D eigenvalue weighted by Gasteiger charge is 2.22. The van der Waals surface area contributed by atoms with Crippen molar-refractivity contribution in [1.82, 2.24) is 13.9 Å². The molecule has 0 fully saturated rings. The number of imidazole rings is 1. The summed E-state index contributed by atoms with van der Waals surface area (Å²) in [6.45, 7) is 4.96. The fraction of sp³-hybridized carbons (Fsp3) is 0.238. The summed E-state index contributed by atoms with van der Waals surface area (Å²) in [6.07, 6.45) is 5.31. The fourth-order valence-corrected chi connectivity index (χ4v) is 4.56. The molecule has 1 N–H and O–H groups in total. The molecule has 152 valence electrons. The van der Waals surface area contributed by atoms with E-state index in [9.17, 15) is 13.2 Å². The van der Waals surface area contributed by atoms with E-state index in [1.54, 1.807) is 44.6 Å². The van der Waals surface area contributed by atoms with Crippen molar-refractivity contribution in [3.05, 3.63) is 78.4 Å². The average molecular weight is 413 g/mol. The third kappa shape index (κ3) is 4.90. The van der Waals surface area contributed by atoms with E-state index in [4.69, 9.17) is 0 Å². The van der Waals surface area contributed by atoms with Crippen LogP contribution in [0.25, 0.3) is 0 Å². The van der Waals surface area contributed by atoms with Crippen LogP contribution in [0.15, 0.2) is 72.1 Å². The minimum Gasteiger partial charge on any atom is -0.333 e. The Balaban J connectivity index is 1.78. The minimum absolute atomic E-state index is 0.114. The number of hydrogen-bond acceptors (Lipinski definition) is 4. The summed E-state index contributed by atoms with van der Waals surface area (Å²) in [5.41, 5.74) is 1.95. The topological polar surface area (TPSA) is 84.3 Å². The van der Waals surface area contributed by atoms with Gasteiger partial charge in [0.1, 0.15) is 0 Å². The van der Waals surface area contributed by atoms with Crippen LogP contribution in [0.3, 0.4) is 0 Å². The second-order valence-corrected chi connectivity index (χ2v) is 8.44. The number of carbonyl (C=O) groups excluding carboxylic acids is 1. The molecule has 3 rings (SSSR count). The lowest BCUT2D eigenvalue weighted by Crippen LogP contribution is -2.30. The Morgan fingerprint density at radius 1 is 1.10 bits per heavy atom. The molecule has 0 spiro atoms. The molecule has 1 heterocycles. The molecule has 0 aliphatic rings. The maximum Gasteiger partial charge on any atom is 0.255 e. The predicted molar refractivity (Wildman–Crippen MR) is 112 cm³/mol. The molecular weight excluding hydrogens is 388 g/mol. The number of benzene rings is 2. The summed E-state index contributed by atoms with van der Waals surface area (Å²) in [4.78, 5) is 16.8. The van der Waals surface area contributed by atoms with E-state index in [2.05, 4.69) is 10.3 Å². The van der Waals surface area contributed by atoms with E-state index >= 15 is 0 Å². The minimum atomic E-state index is -3.62. The van der Waals surface area contributed by atoms with Crippen LogP contribution in [0.1, 0.15) is 29.8 Å². The van der Waals surface area contributed by atoms with Gasteiger partial charge in [0.05, 0.1) is 11.2 Å². The lowest BCUT2D eigenvalue weighted by molar-refractivity contribution is 0.102. The van der Waals surface area contributed by atoms with Crippen molar-refractivity contribution in [3.8, 4) is 0 Å². The second-order valence-electron chi connectivity index (χ2n) is 6.51. The van der Waals surface area contributed by atoms with Crippen molar-refractivity contribution in [2.45, 2.75) is 25.3 Å². The maximum absolute atomic E-state index is 12.7. The molecule has 0 atom stereocenters. The first-order valence-corrected chi connectivity index (χ1v) is 10.8. The zero-order chi connectivity index (χ0) is 20.9. The van der Waals surface area contributed by atoms with Crippen molar-refractivity contribution in [1.29, 1.82) is 0 Å². The van der Waals surface area contributed by atoms with Gasteiger partial charge in [-0.1, -0.05) is 32.0 Å². The Morgan fingerprint density at radius 2 is 1.86 bits per heavy atom. The van der Waals surface area contributed by atoms with Gasteiger partial charge in [0.2, 0.25) is 10.0 Å². The molecule has 0 saturated heterocycles. The number of nitrogens with one attached hydrogen (secondary N) is 1. The SMILES string of the molecule is CCN(CC)S(=O)(=O)c1cccc(C(=O)Nc2cccc(Cn3ccnc3)c2)c1. The van der Waals surface area contributed by atoms with Crippen LogP contribution in [0.2, 0.25) is 0 Å². The number of nitrogens with zero attached hydrogens (tertiary/aromatic N) is 3. The van der Waals surface area contributed by atoms with Crippen LogP contribution in [0.5, 0.6) is 0 Å². The van der Waals surface area contributed by atoms with E-state index < -0.39 is 10.0 Å². The summed E-state index contributed by atoms with van der Waals surface area (Å²) >= 11 is 0. The number of carbonyl (C=O) groups is 1. The molecule has 0 radical (unpaired) electrons. The van der Waals surface area contributed by atoms with Crippen LogP contribution in [0, 0.1) is 0 Å². The van der Waals surface area contributed by atoms with Gasteiger partial charge in [-0.25, -0.2) is 13.4 Å². The summed E-state index contributed by atoms with van der Waals surface area (Å²) in [6, 6.07) is 13.6. The van der Waals surface area contributed by atoms with Crippen molar-refractivity contribution < 1.29 is 13.2 Å². The van der Waals surface area contributed by atoms with E-state index in [-0.39, 0.29) is 10.8 Å². The molecule has 0 aliphatic carbocycles. The molecule has 0 aliphatic heterocycles. The van der Waals surface area contributed by atoms with E-state index in [1.807, 2.05) is 29.0 Å². The first-order chi connectivity index (χ1) is 13.9. The molecule has 0 saturated carbocycles. The maximum atomic E-state index is 12.7. The number of aromatic nitrogens is 2. The Kier molecular flexibility index (Phi) is 6.46. The van der Waals surface area contributed by atoms with E-state index in [0.717, 1.165) is 5.56 Å². The van der Waals surface area contributed by atoms with Gasteiger partial charge >= 0.3 is 0 Å². The number of hydrogen-bond donors (Lipinski definition) is 1. The second kappa shape index (κ2) is 9.02. The summed E-state index contributed by atoms with van der Waals surface area (Å²) in [5, 5.41) is 2.84. The van der Waals surface area contributed by atoms with Crippen molar-refractivity contribution in [2.24, 2.45) is 0 Å². The summed E-state index contributed by atoms with van der Waals surface area (Å²) in [7, 11) is -3.62. The van der Waals surface area contributed by atoms with Gasteiger partial charge in [0.25, 0.3) is 5.91 Å². The van der Waals surface area contributed by atoms with Crippen LogP contribution in [-0.4, -0.2) is 41.3 Å². The molecule has 1 aromatic heterocycles. The molecule has 8 heteroatoms. The Labute approximate surface area is 171 Å². The molecular formula is C21H24N4O3S. The standard InChI is InChI=1S/C21H24N4O3S/c1-3-25(4-2)29(27,28)20-10-6-8-18(14-20)21(26)23-19-9-5-7-17(13-19)15-24-12-11-22-16-24/h5-14,16H,3-4,15H2,1-2H3,(H,23,26). The zero-order valence-corrected chi connectivity index (χ0v) is 17.3. The van der Waals surface area contributed by atoms with Gasteiger partial charge < -0.3 is 9.88 Å². The summed E-state index contributed by atoms with van der Waals surface area (Å²) < 4.78 is 28.7. The van der Waals surface area contributed by atoms with Crippen LogP contribution in [0.4, 0.5) is 5.69 Å². The van der Waals surface area contributed by atoms with Crippen LogP contribution in [-0.2, 0) is 16.6 Å². The monoisotopic (exact) mass is 412 g/mol. The van der Waals surface area contributed by atoms with Gasteiger partial charge in [-0.3, -0.25) is 4.79 Å². The van der Waals surface area contributed by atoms with Gasteiger partial charge in [0.15, 0.2) is 0 Å². The van der Waals surface area contributed by atoms with Crippen molar-refractivity contribution in [2.75, 3.05) is 18.4 Å². The number of amides is 1. The molecule has 2 aromatic carbocycles. The molecule has 0 unspecified atom stereocenters. The highest BCUT2D eigenvalue weighted by Crippen LogP contribution is 2.19. The van der Waals surface area contributed by atoms with Gasteiger partial charge in [0, 0.05) is 43.3 Å². The quantitative estimate of drug-likeness (QED) is 0.616. The highest BCUT2D eigenvalue weighted by atomic mass is 32.2. The van der Waals surface area contributed by atoms with E-state index in [1.165, 1.54) is 16.4 Å². The summed E-state index contributed by atoms with van der Waals surface area (Å²) in [5.74, 6) is -0.360. The lowest BCUT2D eigenvalue weighted by Gasteiger charge is -2.18. The van der Waals surface area contributed by atoms with Gasteiger partial charge in [-0.05, 0) is 35.9 Å². The molecule has 1 amide bonds. The number of anilines is 1. The predicted octanol–water partition coefficient (Wildman–Crippen LogP) is 3.21. The highest BCUT2D eigenvalue weighted by molar-refractivity contribution is 7.89. The van der Waals surface area contributed by atoms with Crippen molar-refractivity contribution >= 4 is 21.6 Å². The number of sulfonamides is 1. The first kappa shape index (κ1) is 20.8. The first-order valence-electron chi connectivity index (χ1n) is 9.40. The Morgan fingerprint density at radius 3 is 2.55 bits per heavy atom. The molecule has 29 heavy (non-hydrogen) atoms. The van der Waals surface area contributed by atoms with Gasteiger partial charge in [-0.2, -0.15) is 4.31 Å². The smallest absolute Gasteiger partial charge is 0.255 e. The Bertz CT molecular complexity index is 1070. The third-order valence-corrected chi connectivity index (χ3v) is 6.59. The lowest BCUT2D eigenvalue weighted by atomic mass is 10.1. The van der Waals surface area contributed by atoms with Crippen LogP contribution >= 0.6 is 0 Å². The van der Waals surface area contributed by atoms with Gasteiger partial charge in [-0.15, -0.1) is 0 Å². The van der Waals surface area contributed by atoms with Crippen molar-refractivity contribution in [3.63, 3.8) is 0 Å². The zero-order valence-electron chi connectivity index (χ0n) is 16.4. The normalized spacial score (nSPS) is 11.6. The number of rotatable bonds is 8. The van der Waals surface area contributed by atoms with Crippen LogP contribution < -0.4 is 5.32 Å². The molecule has 3 aromatic rings. The Hall–Kier alpha value is -2.97. The molecule has 0 bridgehead atoms. The average Bonchev–Trinajstić information content (AvgIpc) is 3.22. The molecule has 7 nitrogen and oxygen atoms in total.